The molecule has 0 unspecified atom stereocenters. The Kier molecular flexibility index (Phi) is 4.76. The maximum atomic E-state index is 4.68. The number of nitrogens with one attached hydrogen (secondary N) is 1. The highest BCUT2D eigenvalue weighted by molar-refractivity contribution is 9.10. The van der Waals surface area contributed by atoms with Crippen LogP contribution in [0, 0.1) is 0 Å². The Bertz CT molecular complexity index is 526. The topological polar surface area (TPSA) is 24.9 Å². The van der Waals surface area contributed by atoms with Gasteiger partial charge in [0.2, 0.25) is 0 Å². The van der Waals surface area contributed by atoms with Crippen LogP contribution >= 0.6 is 27.3 Å². The fraction of sp³-hybridized carbons (Fsp3) is 0.400. The summed E-state index contributed by atoms with van der Waals surface area (Å²) in [5.41, 5.74) is 2.57. The van der Waals surface area contributed by atoms with Gasteiger partial charge in [-0.15, -0.1) is 11.3 Å². The van der Waals surface area contributed by atoms with Gasteiger partial charge in [-0.05, 0) is 17.7 Å². The van der Waals surface area contributed by atoms with Crippen molar-refractivity contribution in [3.8, 4) is 0 Å². The van der Waals surface area contributed by atoms with Gasteiger partial charge in [-0.3, -0.25) is 0 Å². The van der Waals surface area contributed by atoms with E-state index in [0.29, 0.717) is 0 Å². The van der Waals surface area contributed by atoms with E-state index < -0.39 is 0 Å². The van der Waals surface area contributed by atoms with Crippen LogP contribution in [-0.2, 0) is 18.5 Å². The molecule has 0 aliphatic rings. The van der Waals surface area contributed by atoms with Gasteiger partial charge in [0.1, 0.15) is 0 Å². The van der Waals surface area contributed by atoms with Gasteiger partial charge in [-0.25, -0.2) is 4.98 Å². The predicted molar refractivity (Wildman–Crippen MR) is 85.5 cm³/mol. The van der Waals surface area contributed by atoms with Gasteiger partial charge in [0.05, 0.1) is 10.7 Å². The van der Waals surface area contributed by atoms with Crippen molar-refractivity contribution in [2.75, 3.05) is 0 Å². The smallest absolute Gasteiger partial charge is 0.0982 e. The van der Waals surface area contributed by atoms with Gasteiger partial charge >= 0.3 is 0 Å². The summed E-state index contributed by atoms with van der Waals surface area (Å²) in [6.45, 7) is 8.29. The lowest BCUT2D eigenvalue weighted by atomic mass is 9.98. The minimum absolute atomic E-state index is 0.147. The first-order valence-corrected chi connectivity index (χ1v) is 8.02. The van der Waals surface area contributed by atoms with Crippen molar-refractivity contribution in [1.29, 1.82) is 0 Å². The molecule has 2 aromatic rings. The number of thiazole rings is 1. The third kappa shape index (κ3) is 4.41. The Hall–Kier alpha value is -0.710. The maximum absolute atomic E-state index is 4.68. The zero-order valence-corrected chi connectivity index (χ0v) is 13.9. The summed E-state index contributed by atoms with van der Waals surface area (Å²) >= 11 is 5.19. The van der Waals surface area contributed by atoms with E-state index in [4.69, 9.17) is 0 Å². The summed E-state index contributed by atoms with van der Waals surface area (Å²) in [5.74, 6) is 0. The molecule has 19 heavy (non-hydrogen) atoms. The fourth-order valence-corrected chi connectivity index (χ4v) is 2.84. The van der Waals surface area contributed by atoms with E-state index >= 15 is 0 Å². The van der Waals surface area contributed by atoms with Crippen LogP contribution in [0.25, 0.3) is 0 Å². The summed E-state index contributed by atoms with van der Waals surface area (Å²) in [6.07, 6.45) is 0. The molecular weight excluding hydrogens is 320 g/mol. The van der Waals surface area contributed by atoms with Crippen LogP contribution in [-0.4, -0.2) is 4.98 Å². The standard InChI is InChI=1S/C15H19BrN2S/c1-15(2,3)14-18-13(10-19-14)9-17-8-11-4-6-12(16)7-5-11/h4-7,10,17H,8-9H2,1-3H3. The molecule has 1 aromatic carbocycles. The van der Waals surface area contributed by atoms with Crippen molar-refractivity contribution in [2.45, 2.75) is 39.3 Å². The van der Waals surface area contributed by atoms with E-state index in [1.165, 1.54) is 10.6 Å². The Labute approximate surface area is 127 Å². The average Bonchev–Trinajstić information content (AvgIpc) is 2.80. The van der Waals surface area contributed by atoms with Crippen LogP contribution in [0.2, 0.25) is 0 Å². The van der Waals surface area contributed by atoms with Crippen molar-refractivity contribution in [3.05, 3.63) is 50.4 Å². The lowest BCUT2D eigenvalue weighted by Crippen LogP contribution is -2.14. The minimum Gasteiger partial charge on any atom is -0.307 e. The van der Waals surface area contributed by atoms with E-state index in [0.717, 1.165) is 23.3 Å². The summed E-state index contributed by atoms with van der Waals surface area (Å²) < 4.78 is 1.12. The Morgan fingerprint density at radius 1 is 1.16 bits per heavy atom. The Morgan fingerprint density at radius 2 is 1.84 bits per heavy atom. The fourth-order valence-electron chi connectivity index (χ4n) is 1.67. The van der Waals surface area contributed by atoms with Gasteiger partial charge in [-0.1, -0.05) is 48.8 Å². The molecule has 102 valence electrons. The molecule has 0 fully saturated rings. The van der Waals surface area contributed by atoms with Crippen molar-refractivity contribution < 1.29 is 0 Å². The summed E-state index contributed by atoms with van der Waals surface area (Å²) in [4.78, 5) is 4.68. The first kappa shape index (κ1) is 14.7. The molecule has 1 aromatic heterocycles. The normalized spacial score (nSPS) is 11.8. The molecule has 0 bridgehead atoms. The number of hydrogen-bond donors (Lipinski definition) is 1. The van der Waals surface area contributed by atoms with Gasteiger partial charge < -0.3 is 5.32 Å². The van der Waals surface area contributed by atoms with Gasteiger partial charge in [0.25, 0.3) is 0 Å². The molecule has 2 nitrogen and oxygen atoms in total. The summed E-state index contributed by atoms with van der Waals surface area (Å²) in [7, 11) is 0. The molecule has 0 saturated carbocycles. The monoisotopic (exact) mass is 338 g/mol. The molecule has 0 aliphatic heterocycles. The average molecular weight is 339 g/mol. The Morgan fingerprint density at radius 3 is 2.42 bits per heavy atom. The van der Waals surface area contributed by atoms with Crippen LogP contribution in [0.4, 0.5) is 0 Å². The summed E-state index contributed by atoms with van der Waals surface area (Å²) in [5, 5.41) is 6.78. The van der Waals surface area contributed by atoms with Crippen LogP contribution < -0.4 is 5.32 Å². The van der Waals surface area contributed by atoms with Crippen molar-refractivity contribution in [3.63, 3.8) is 0 Å². The van der Waals surface area contributed by atoms with E-state index in [1.807, 2.05) is 0 Å². The highest BCUT2D eigenvalue weighted by Crippen LogP contribution is 2.25. The number of nitrogens with zero attached hydrogens (tertiary/aromatic N) is 1. The lowest BCUT2D eigenvalue weighted by Gasteiger charge is -2.13. The van der Waals surface area contributed by atoms with E-state index in [2.05, 4.69) is 76.6 Å². The molecular formula is C15H19BrN2S. The first-order valence-electron chi connectivity index (χ1n) is 6.35. The van der Waals surface area contributed by atoms with Crippen LogP contribution in [0.15, 0.2) is 34.1 Å². The zero-order chi connectivity index (χ0) is 13.9. The van der Waals surface area contributed by atoms with E-state index in [1.54, 1.807) is 11.3 Å². The van der Waals surface area contributed by atoms with Crippen LogP contribution in [0.5, 0.6) is 0 Å². The molecule has 0 radical (unpaired) electrons. The highest BCUT2D eigenvalue weighted by atomic mass is 79.9. The van der Waals surface area contributed by atoms with Crippen molar-refractivity contribution in [2.24, 2.45) is 0 Å². The number of benzene rings is 1. The largest absolute Gasteiger partial charge is 0.307 e. The lowest BCUT2D eigenvalue weighted by molar-refractivity contribution is 0.579. The molecule has 1 heterocycles. The van der Waals surface area contributed by atoms with E-state index in [9.17, 15) is 0 Å². The SMILES string of the molecule is CC(C)(C)c1nc(CNCc2ccc(Br)cc2)cs1. The number of aromatic nitrogens is 1. The molecule has 0 spiro atoms. The quantitative estimate of drug-likeness (QED) is 0.888. The van der Waals surface area contributed by atoms with Gasteiger partial charge in [0.15, 0.2) is 0 Å². The second-order valence-electron chi connectivity index (χ2n) is 5.62. The molecule has 0 amide bonds. The van der Waals surface area contributed by atoms with Gasteiger partial charge in [0, 0.05) is 28.4 Å². The molecule has 1 N–H and O–H groups in total. The molecule has 4 heteroatoms. The van der Waals surface area contributed by atoms with Crippen molar-refractivity contribution >= 4 is 27.3 Å². The third-order valence-electron chi connectivity index (χ3n) is 2.74. The van der Waals surface area contributed by atoms with Crippen LogP contribution in [0.1, 0.15) is 37.0 Å². The minimum atomic E-state index is 0.147. The first-order chi connectivity index (χ1) is 8.95. The van der Waals surface area contributed by atoms with Crippen molar-refractivity contribution in [1.82, 2.24) is 10.3 Å². The highest BCUT2D eigenvalue weighted by Gasteiger charge is 2.17. The number of rotatable bonds is 4. The number of halogens is 1. The Balaban J connectivity index is 1.86. The number of hydrogen-bond acceptors (Lipinski definition) is 3. The van der Waals surface area contributed by atoms with E-state index in [-0.39, 0.29) is 5.41 Å². The second kappa shape index (κ2) is 6.16. The molecule has 2 rings (SSSR count). The van der Waals surface area contributed by atoms with Crippen LogP contribution in [0.3, 0.4) is 0 Å². The molecule has 0 atom stereocenters. The zero-order valence-electron chi connectivity index (χ0n) is 11.5. The summed E-state index contributed by atoms with van der Waals surface area (Å²) in [6, 6.07) is 8.38. The van der Waals surface area contributed by atoms with Gasteiger partial charge in [-0.2, -0.15) is 0 Å². The predicted octanol–water partition coefficient (Wildman–Crippen LogP) is 4.49. The maximum Gasteiger partial charge on any atom is 0.0982 e. The molecule has 0 saturated heterocycles. The second-order valence-corrected chi connectivity index (χ2v) is 7.40. The molecule has 0 aliphatic carbocycles. The third-order valence-corrected chi connectivity index (χ3v) is 4.59.